The second kappa shape index (κ2) is 2.86. The number of carbonyl (C=O) groups is 1. The van der Waals surface area contributed by atoms with Crippen LogP contribution in [0.1, 0.15) is 0 Å². The Labute approximate surface area is 68.0 Å². The second-order valence-electron chi connectivity index (χ2n) is 2.05. The number of alkyl halides is 4. The van der Waals surface area contributed by atoms with Crippen molar-refractivity contribution in [1.29, 1.82) is 0 Å². The van der Waals surface area contributed by atoms with Gasteiger partial charge >= 0.3 is 11.8 Å². The smallest absolute Gasteiger partial charge is 0.265 e. The van der Waals surface area contributed by atoms with Crippen molar-refractivity contribution < 1.29 is 26.7 Å². The zero-order valence-electron chi connectivity index (χ0n) is 5.77. The van der Waals surface area contributed by atoms with Gasteiger partial charge in [-0.1, -0.05) is 0 Å². The van der Waals surface area contributed by atoms with Crippen LogP contribution in [0, 0.1) is 0 Å². The van der Waals surface area contributed by atoms with Crippen LogP contribution in [0.25, 0.3) is 0 Å². The van der Waals surface area contributed by atoms with E-state index in [1.165, 1.54) is 0 Å². The van der Waals surface area contributed by atoms with E-state index >= 15 is 0 Å². The van der Waals surface area contributed by atoms with Gasteiger partial charge in [-0.05, 0) is 0 Å². The summed E-state index contributed by atoms with van der Waals surface area (Å²) in [4.78, 5) is 14.6. The summed E-state index contributed by atoms with van der Waals surface area (Å²) in [5.74, 6) is -10.8. The number of amides is 1. The summed E-state index contributed by atoms with van der Waals surface area (Å²) in [6.07, 6.45) is -3.36. The first-order valence-electron chi connectivity index (χ1n) is 2.89. The van der Waals surface area contributed by atoms with E-state index < -0.39 is 30.1 Å². The first-order chi connectivity index (χ1) is 5.85. The van der Waals surface area contributed by atoms with Gasteiger partial charge in [0.25, 0.3) is 12.4 Å². The van der Waals surface area contributed by atoms with Crippen LogP contribution >= 0.6 is 0 Å². The highest BCUT2D eigenvalue weighted by atomic mass is 19.3. The molecule has 0 aromatic carbocycles. The highest BCUT2D eigenvalue weighted by Gasteiger charge is 2.49. The van der Waals surface area contributed by atoms with E-state index in [1.54, 1.807) is 0 Å². The van der Waals surface area contributed by atoms with Gasteiger partial charge in [0, 0.05) is 0 Å². The zero-order chi connectivity index (χ0) is 10.2. The molecule has 0 spiro atoms. The SMILES string of the molecule is O=C1N=C(C(F)F)N=C(F)C1(F)F. The molecule has 1 amide bonds. The molecule has 3 nitrogen and oxygen atoms in total. The maximum Gasteiger partial charge on any atom is 0.394 e. The van der Waals surface area contributed by atoms with Crippen molar-refractivity contribution in [3.05, 3.63) is 0 Å². The molecule has 0 saturated carbocycles. The molecule has 0 atom stereocenters. The Hall–Kier alpha value is -1.34. The molecule has 0 aromatic heterocycles. The van der Waals surface area contributed by atoms with Crippen molar-refractivity contribution >= 4 is 17.7 Å². The van der Waals surface area contributed by atoms with E-state index in [4.69, 9.17) is 0 Å². The lowest BCUT2D eigenvalue weighted by molar-refractivity contribution is -0.134. The van der Waals surface area contributed by atoms with E-state index in [9.17, 15) is 26.7 Å². The Kier molecular flexibility index (Phi) is 2.14. The third-order valence-corrected chi connectivity index (χ3v) is 1.15. The van der Waals surface area contributed by atoms with Crippen molar-refractivity contribution in [2.24, 2.45) is 9.98 Å². The first-order valence-corrected chi connectivity index (χ1v) is 2.89. The Bertz CT molecular complexity index is 308. The first kappa shape index (κ1) is 9.75. The fourth-order valence-electron chi connectivity index (χ4n) is 0.556. The molecule has 0 saturated heterocycles. The van der Waals surface area contributed by atoms with Crippen LogP contribution in [0.2, 0.25) is 0 Å². The molecular weight excluding hydrogens is 199 g/mol. The van der Waals surface area contributed by atoms with Crippen LogP contribution < -0.4 is 0 Å². The Morgan fingerprint density at radius 1 is 1.23 bits per heavy atom. The highest BCUT2D eigenvalue weighted by Crippen LogP contribution is 2.23. The maximum atomic E-state index is 12.2. The fraction of sp³-hybridized carbons (Fsp3) is 0.400. The van der Waals surface area contributed by atoms with Gasteiger partial charge in [0.15, 0.2) is 0 Å². The van der Waals surface area contributed by atoms with Gasteiger partial charge in [0.1, 0.15) is 0 Å². The van der Waals surface area contributed by atoms with Crippen LogP contribution in [0.5, 0.6) is 0 Å². The number of carbonyl (C=O) groups excluding carboxylic acids is 1. The Morgan fingerprint density at radius 3 is 2.15 bits per heavy atom. The molecule has 8 heteroatoms. The number of nitrogens with zero attached hydrogens (tertiary/aromatic N) is 2. The monoisotopic (exact) mass is 200 g/mol. The summed E-state index contributed by atoms with van der Waals surface area (Å²) < 4.78 is 60.1. The van der Waals surface area contributed by atoms with Gasteiger partial charge in [-0.3, -0.25) is 4.79 Å². The topological polar surface area (TPSA) is 41.8 Å². The number of hydrogen-bond acceptors (Lipinski definition) is 2. The largest absolute Gasteiger partial charge is 0.394 e. The lowest BCUT2D eigenvalue weighted by Gasteiger charge is -2.13. The van der Waals surface area contributed by atoms with Gasteiger partial charge in [-0.25, -0.2) is 8.78 Å². The quantitative estimate of drug-likeness (QED) is 0.586. The summed E-state index contributed by atoms with van der Waals surface area (Å²) >= 11 is 0. The number of hydrogen-bond donors (Lipinski definition) is 0. The van der Waals surface area contributed by atoms with E-state index in [0.29, 0.717) is 0 Å². The fourth-order valence-corrected chi connectivity index (χ4v) is 0.556. The predicted octanol–water partition coefficient (Wildman–Crippen LogP) is 1.19. The lowest BCUT2D eigenvalue weighted by Crippen LogP contribution is -2.39. The molecule has 0 fully saturated rings. The molecule has 0 N–H and O–H groups in total. The molecule has 13 heavy (non-hydrogen) atoms. The number of rotatable bonds is 1. The standard InChI is InChI=1S/C5HF5N2O/c6-1(7)2-11-3(8)5(9,10)4(13)12-2/h1H. The van der Waals surface area contributed by atoms with E-state index in [2.05, 4.69) is 9.98 Å². The summed E-state index contributed by atoms with van der Waals surface area (Å²) in [5.41, 5.74) is 0. The minimum absolute atomic E-state index is 1.53. The number of amidine groups is 1. The van der Waals surface area contributed by atoms with Crippen LogP contribution in [0.4, 0.5) is 22.0 Å². The summed E-state index contributed by atoms with van der Waals surface area (Å²) in [6.45, 7) is 0. The van der Waals surface area contributed by atoms with E-state index in [-0.39, 0.29) is 0 Å². The van der Waals surface area contributed by atoms with E-state index in [0.717, 1.165) is 0 Å². The van der Waals surface area contributed by atoms with E-state index in [1.807, 2.05) is 0 Å². The van der Waals surface area contributed by atoms with Crippen LogP contribution in [0.3, 0.4) is 0 Å². The van der Waals surface area contributed by atoms with Crippen molar-refractivity contribution in [2.45, 2.75) is 12.3 Å². The van der Waals surface area contributed by atoms with Crippen molar-refractivity contribution in [2.75, 3.05) is 0 Å². The maximum absolute atomic E-state index is 12.2. The average Bonchev–Trinajstić information content (AvgIpc) is 2.00. The molecule has 72 valence electrons. The molecule has 1 heterocycles. The predicted molar refractivity (Wildman–Crippen MR) is 31.9 cm³/mol. The average molecular weight is 200 g/mol. The summed E-state index contributed by atoms with van der Waals surface area (Å²) in [6, 6.07) is 0. The Morgan fingerprint density at radius 2 is 1.77 bits per heavy atom. The minimum Gasteiger partial charge on any atom is -0.265 e. The molecule has 1 aliphatic heterocycles. The Balaban J connectivity index is 3.08. The lowest BCUT2D eigenvalue weighted by atomic mass is 10.3. The summed E-state index contributed by atoms with van der Waals surface area (Å²) in [5, 5.41) is 0. The molecule has 0 radical (unpaired) electrons. The molecule has 1 aliphatic rings. The molecule has 1 rings (SSSR count). The van der Waals surface area contributed by atoms with Crippen molar-refractivity contribution in [3.8, 4) is 0 Å². The molecule has 0 aromatic rings. The van der Waals surface area contributed by atoms with Crippen LogP contribution in [-0.4, -0.2) is 30.1 Å². The molecule has 0 bridgehead atoms. The van der Waals surface area contributed by atoms with Crippen LogP contribution in [0.15, 0.2) is 9.98 Å². The highest BCUT2D eigenvalue weighted by molar-refractivity contribution is 6.17. The van der Waals surface area contributed by atoms with Gasteiger partial charge in [0.05, 0.1) is 0 Å². The zero-order valence-corrected chi connectivity index (χ0v) is 5.77. The molecule has 0 unspecified atom stereocenters. The minimum atomic E-state index is -4.52. The van der Waals surface area contributed by atoms with Crippen molar-refractivity contribution in [1.82, 2.24) is 0 Å². The molecule has 0 aliphatic carbocycles. The third kappa shape index (κ3) is 1.56. The molecular formula is C5HF5N2O. The summed E-state index contributed by atoms with van der Waals surface area (Å²) in [7, 11) is 0. The van der Waals surface area contributed by atoms with Crippen LogP contribution in [-0.2, 0) is 4.79 Å². The normalized spacial score (nSPS) is 21.5. The van der Waals surface area contributed by atoms with Gasteiger partial charge < -0.3 is 0 Å². The second-order valence-corrected chi connectivity index (χ2v) is 2.05. The van der Waals surface area contributed by atoms with Gasteiger partial charge in [-0.2, -0.15) is 23.2 Å². The van der Waals surface area contributed by atoms with Gasteiger partial charge in [-0.15, -0.1) is 0 Å². The number of aliphatic imine (C=N–C) groups is 2. The number of halogens is 5. The third-order valence-electron chi connectivity index (χ3n) is 1.15. The van der Waals surface area contributed by atoms with Gasteiger partial charge in [0.2, 0.25) is 5.84 Å². The van der Waals surface area contributed by atoms with Crippen molar-refractivity contribution in [3.63, 3.8) is 0 Å².